The van der Waals surface area contributed by atoms with E-state index in [9.17, 15) is 4.79 Å². The molecule has 0 aliphatic carbocycles. The van der Waals surface area contributed by atoms with E-state index in [1.807, 2.05) is 19.1 Å². The first-order valence-corrected chi connectivity index (χ1v) is 10.6. The number of carbonyl (C=O) groups excluding carboxylic acids is 1. The second kappa shape index (κ2) is 8.44. The molecule has 3 aromatic rings. The first-order valence-electron chi connectivity index (χ1n) is 9.75. The van der Waals surface area contributed by atoms with Crippen LogP contribution in [0.1, 0.15) is 20.8 Å². The molecule has 1 amide bonds. The number of nitrogen functional groups attached to an aromatic ring is 1. The number of morpholine rings is 1. The molecule has 1 aliphatic heterocycles. The van der Waals surface area contributed by atoms with Crippen LogP contribution in [0, 0.1) is 13.8 Å². The maximum atomic E-state index is 12.4. The summed E-state index contributed by atoms with van der Waals surface area (Å²) < 4.78 is 5.34. The number of carbonyl (C=O) groups is 1. The SMILES string of the molecule is Cc1sc2nc(-c3ccc(C(=O)NCCN4CCOCC4)cc3)nc(N)c2c1C. The fraction of sp³-hybridized carbons (Fsp3) is 0.381. The molecule has 152 valence electrons. The highest BCUT2D eigenvalue weighted by atomic mass is 32.1. The minimum Gasteiger partial charge on any atom is -0.383 e. The highest BCUT2D eigenvalue weighted by Gasteiger charge is 2.15. The third-order valence-corrected chi connectivity index (χ3v) is 6.38. The highest BCUT2D eigenvalue weighted by Crippen LogP contribution is 2.33. The number of rotatable bonds is 5. The van der Waals surface area contributed by atoms with E-state index in [2.05, 4.69) is 27.1 Å². The molecule has 2 aromatic heterocycles. The van der Waals surface area contributed by atoms with Crippen LogP contribution in [-0.4, -0.2) is 60.2 Å². The molecule has 29 heavy (non-hydrogen) atoms. The number of aryl methyl sites for hydroxylation is 2. The van der Waals surface area contributed by atoms with Crippen molar-refractivity contribution in [3.63, 3.8) is 0 Å². The van der Waals surface area contributed by atoms with Crippen molar-refractivity contribution in [1.82, 2.24) is 20.2 Å². The molecule has 4 rings (SSSR count). The Morgan fingerprint density at radius 1 is 1.21 bits per heavy atom. The molecule has 0 bridgehead atoms. The average molecular weight is 412 g/mol. The summed E-state index contributed by atoms with van der Waals surface area (Å²) in [6, 6.07) is 7.33. The summed E-state index contributed by atoms with van der Waals surface area (Å²) >= 11 is 1.62. The maximum absolute atomic E-state index is 12.4. The number of ether oxygens (including phenoxy) is 1. The standard InChI is InChI=1S/C21H25N5O2S/c1-13-14(2)29-21-17(13)18(22)24-19(25-21)15-3-5-16(6-4-15)20(27)23-7-8-26-9-11-28-12-10-26/h3-6H,7-12H2,1-2H3,(H,23,27)(H2,22,24,25). The second-order valence-corrected chi connectivity index (χ2v) is 8.39. The molecule has 0 atom stereocenters. The minimum atomic E-state index is -0.0785. The highest BCUT2D eigenvalue weighted by molar-refractivity contribution is 7.18. The number of benzene rings is 1. The van der Waals surface area contributed by atoms with Crippen molar-refractivity contribution in [2.75, 3.05) is 45.1 Å². The van der Waals surface area contributed by atoms with Crippen LogP contribution in [0.5, 0.6) is 0 Å². The van der Waals surface area contributed by atoms with Gasteiger partial charge in [-0.1, -0.05) is 12.1 Å². The van der Waals surface area contributed by atoms with Crippen LogP contribution in [0.2, 0.25) is 0 Å². The smallest absolute Gasteiger partial charge is 0.251 e. The lowest BCUT2D eigenvalue weighted by atomic mass is 10.1. The summed E-state index contributed by atoms with van der Waals surface area (Å²) in [5, 5.41) is 3.91. The van der Waals surface area contributed by atoms with Gasteiger partial charge >= 0.3 is 0 Å². The van der Waals surface area contributed by atoms with Gasteiger partial charge in [0.15, 0.2) is 5.82 Å². The Morgan fingerprint density at radius 2 is 1.93 bits per heavy atom. The summed E-state index contributed by atoms with van der Waals surface area (Å²) in [5.74, 6) is 0.998. The Kier molecular flexibility index (Phi) is 5.75. The fourth-order valence-corrected chi connectivity index (χ4v) is 4.47. The second-order valence-electron chi connectivity index (χ2n) is 7.18. The Labute approximate surface area is 173 Å². The number of aromatic nitrogens is 2. The van der Waals surface area contributed by atoms with Gasteiger partial charge in [0.25, 0.3) is 5.91 Å². The predicted octanol–water partition coefficient (Wildman–Crippen LogP) is 2.62. The van der Waals surface area contributed by atoms with Gasteiger partial charge in [-0.2, -0.15) is 0 Å². The van der Waals surface area contributed by atoms with Crippen molar-refractivity contribution in [3.05, 3.63) is 40.3 Å². The normalized spacial score (nSPS) is 15.0. The van der Waals surface area contributed by atoms with E-state index in [0.29, 0.717) is 23.8 Å². The molecule has 0 saturated carbocycles. The number of amides is 1. The molecule has 1 saturated heterocycles. The molecule has 1 aromatic carbocycles. The van der Waals surface area contributed by atoms with Crippen molar-refractivity contribution in [2.24, 2.45) is 0 Å². The first kappa shape index (κ1) is 19.8. The molecule has 8 heteroatoms. The van der Waals surface area contributed by atoms with E-state index in [1.54, 1.807) is 23.5 Å². The van der Waals surface area contributed by atoms with Crippen molar-refractivity contribution in [3.8, 4) is 11.4 Å². The van der Waals surface area contributed by atoms with Crippen LogP contribution in [0.4, 0.5) is 5.82 Å². The number of nitrogens with one attached hydrogen (secondary N) is 1. The van der Waals surface area contributed by atoms with E-state index in [1.165, 1.54) is 4.88 Å². The van der Waals surface area contributed by atoms with Crippen LogP contribution < -0.4 is 11.1 Å². The van der Waals surface area contributed by atoms with Crippen LogP contribution in [0.25, 0.3) is 21.6 Å². The van der Waals surface area contributed by atoms with E-state index in [4.69, 9.17) is 10.5 Å². The van der Waals surface area contributed by atoms with Gasteiger partial charge < -0.3 is 15.8 Å². The van der Waals surface area contributed by atoms with Crippen molar-refractivity contribution < 1.29 is 9.53 Å². The number of hydrogen-bond donors (Lipinski definition) is 2. The lowest BCUT2D eigenvalue weighted by Crippen LogP contribution is -2.41. The van der Waals surface area contributed by atoms with Gasteiger partial charge in [0.2, 0.25) is 0 Å². The molecule has 0 spiro atoms. The third-order valence-electron chi connectivity index (χ3n) is 5.28. The van der Waals surface area contributed by atoms with Crippen molar-refractivity contribution in [1.29, 1.82) is 0 Å². The van der Waals surface area contributed by atoms with Crippen molar-refractivity contribution >= 4 is 33.3 Å². The van der Waals surface area contributed by atoms with E-state index < -0.39 is 0 Å². The van der Waals surface area contributed by atoms with Crippen LogP contribution >= 0.6 is 11.3 Å². The van der Waals surface area contributed by atoms with Gasteiger partial charge in [-0.05, 0) is 31.5 Å². The monoisotopic (exact) mass is 411 g/mol. The number of fused-ring (bicyclic) bond motifs is 1. The van der Waals surface area contributed by atoms with Gasteiger partial charge in [0, 0.05) is 42.2 Å². The lowest BCUT2D eigenvalue weighted by Gasteiger charge is -2.26. The summed E-state index contributed by atoms with van der Waals surface area (Å²) in [5.41, 5.74) is 8.78. The first-order chi connectivity index (χ1) is 14.0. The van der Waals surface area contributed by atoms with Gasteiger partial charge in [0.05, 0.1) is 18.6 Å². The molecule has 1 fully saturated rings. The minimum absolute atomic E-state index is 0.0785. The summed E-state index contributed by atoms with van der Waals surface area (Å²) in [6.45, 7) is 8.92. The van der Waals surface area contributed by atoms with E-state index in [0.717, 1.165) is 54.2 Å². The van der Waals surface area contributed by atoms with Crippen LogP contribution in [0.3, 0.4) is 0 Å². The quantitative estimate of drug-likeness (QED) is 0.670. The molecule has 0 radical (unpaired) electrons. The Morgan fingerprint density at radius 3 is 2.66 bits per heavy atom. The number of anilines is 1. The number of nitrogens with zero attached hydrogens (tertiary/aromatic N) is 3. The average Bonchev–Trinajstić information content (AvgIpc) is 3.03. The molecule has 7 nitrogen and oxygen atoms in total. The van der Waals surface area contributed by atoms with Crippen LogP contribution in [0.15, 0.2) is 24.3 Å². The fourth-order valence-electron chi connectivity index (χ4n) is 3.43. The zero-order valence-electron chi connectivity index (χ0n) is 16.7. The van der Waals surface area contributed by atoms with E-state index in [-0.39, 0.29) is 5.91 Å². The zero-order valence-corrected chi connectivity index (χ0v) is 17.5. The largest absolute Gasteiger partial charge is 0.383 e. The maximum Gasteiger partial charge on any atom is 0.251 e. The van der Waals surface area contributed by atoms with Crippen LogP contribution in [-0.2, 0) is 4.74 Å². The van der Waals surface area contributed by atoms with Gasteiger partial charge in [-0.25, -0.2) is 9.97 Å². The lowest BCUT2D eigenvalue weighted by molar-refractivity contribution is 0.0383. The Balaban J connectivity index is 1.43. The molecule has 1 aliphatic rings. The molecule has 3 heterocycles. The Bertz CT molecular complexity index is 1030. The summed E-state index contributed by atoms with van der Waals surface area (Å²) in [7, 11) is 0. The summed E-state index contributed by atoms with van der Waals surface area (Å²) in [6.07, 6.45) is 0. The zero-order chi connectivity index (χ0) is 20.4. The van der Waals surface area contributed by atoms with Gasteiger partial charge in [-0.15, -0.1) is 11.3 Å². The number of hydrogen-bond acceptors (Lipinski definition) is 7. The third kappa shape index (κ3) is 4.24. The molecular formula is C21H25N5O2S. The number of nitrogens with two attached hydrogens (primary N) is 1. The summed E-state index contributed by atoms with van der Waals surface area (Å²) in [4.78, 5) is 25.9. The topological polar surface area (TPSA) is 93.4 Å². The van der Waals surface area contributed by atoms with E-state index >= 15 is 0 Å². The number of thiophene rings is 1. The van der Waals surface area contributed by atoms with Gasteiger partial charge in [-0.3, -0.25) is 9.69 Å². The molecular weight excluding hydrogens is 386 g/mol. The Hall–Kier alpha value is -2.55. The molecule has 0 unspecified atom stereocenters. The van der Waals surface area contributed by atoms with Gasteiger partial charge in [0.1, 0.15) is 10.6 Å². The predicted molar refractivity (Wildman–Crippen MR) is 116 cm³/mol. The molecule has 3 N–H and O–H groups in total. The van der Waals surface area contributed by atoms with Crippen molar-refractivity contribution in [2.45, 2.75) is 13.8 Å².